The molecule has 1 saturated heterocycles. The van der Waals surface area contributed by atoms with E-state index >= 15 is 0 Å². The first-order valence-electron chi connectivity index (χ1n) is 8.30. The van der Waals surface area contributed by atoms with Crippen LogP contribution in [-0.2, 0) is 9.53 Å². The molecule has 1 aromatic rings. The van der Waals surface area contributed by atoms with Crippen molar-refractivity contribution in [3.63, 3.8) is 0 Å². The van der Waals surface area contributed by atoms with Crippen LogP contribution in [0, 0.1) is 12.8 Å². The Labute approximate surface area is 143 Å². The first kappa shape index (κ1) is 18.1. The van der Waals surface area contributed by atoms with Gasteiger partial charge in [0.25, 0.3) is 0 Å². The molecule has 2 amide bonds. The second kappa shape index (κ2) is 7.11. The van der Waals surface area contributed by atoms with E-state index in [9.17, 15) is 9.59 Å². The molecular formula is C18H27N3O3. The molecule has 0 aliphatic carbocycles. The Bertz CT molecular complexity index is 614. The Morgan fingerprint density at radius 1 is 1.25 bits per heavy atom. The highest BCUT2D eigenvalue weighted by Crippen LogP contribution is 2.23. The van der Waals surface area contributed by atoms with Gasteiger partial charge in [0.15, 0.2) is 0 Å². The van der Waals surface area contributed by atoms with E-state index in [-0.39, 0.29) is 17.9 Å². The normalized spacial score (nSPS) is 15.9. The smallest absolute Gasteiger partial charge is 0.410 e. The number of carbonyl (C=O) groups is 2. The van der Waals surface area contributed by atoms with Crippen molar-refractivity contribution in [1.29, 1.82) is 0 Å². The predicted octanol–water partition coefficient (Wildman–Crippen LogP) is 3.16. The third-order valence-corrected chi connectivity index (χ3v) is 4.03. The number of rotatable bonds is 2. The average Bonchev–Trinajstić information content (AvgIpc) is 2.48. The van der Waals surface area contributed by atoms with Crippen LogP contribution in [0.2, 0.25) is 0 Å². The highest BCUT2D eigenvalue weighted by molar-refractivity contribution is 5.93. The summed E-state index contributed by atoms with van der Waals surface area (Å²) in [6.07, 6.45) is 0.966. The van der Waals surface area contributed by atoms with Crippen molar-refractivity contribution in [2.75, 3.05) is 24.1 Å². The maximum absolute atomic E-state index is 12.4. The van der Waals surface area contributed by atoms with Gasteiger partial charge >= 0.3 is 6.09 Å². The lowest BCUT2D eigenvalue weighted by Crippen LogP contribution is -2.43. The molecule has 1 aliphatic rings. The molecule has 2 rings (SSSR count). The number of benzene rings is 1. The minimum absolute atomic E-state index is 0.00768. The third kappa shape index (κ3) is 4.88. The molecule has 1 fully saturated rings. The van der Waals surface area contributed by atoms with E-state index in [1.807, 2.05) is 39.8 Å². The lowest BCUT2D eigenvalue weighted by Gasteiger charge is -2.33. The van der Waals surface area contributed by atoms with Gasteiger partial charge in [-0.15, -0.1) is 0 Å². The molecule has 1 heterocycles. The van der Waals surface area contributed by atoms with Crippen LogP contribution in [-0.4, -0.2) is 35.6 Å². The number of nitrogens with zero attached hydrogens (tertiary/aromatic N) is 1. The quantitative estimate of drug-likeness (QED) is 0.814. The maximum Gasteiger partial charge on any atom is 0.410 e. The van der Waals surface area contributed by atoms with E-state index < -0.39 is 5.60 Å². The number of nitrogens with one attached hydrogen (secondary N) is 1. The fourth-order valence-corrected chi connectivity index (χ4v) is 2.71. The summed E-state index contributed by atoms with van der Waals surface area (Å²) in [5.41, 5.74) is 7.62. The first-order chi connectivity index (χ1) is 11.2. The monoisotopic (exact) mass is 333 g/mol. The first-order valence-corrected chi connectivity index (χ1v) is 8.30. The van der Waals surface area contributed by atoms with Gasteiger partial charge < -0.3 is 20.7 Å². The molecule has 0 bridgehead atoms. The van der Waals surface area contributed by atoms with E-state index in [4.69, 9.17) is 10.5 Å². The molecule has 3 N–H and O–H groups in total. The van der Waals surface area contributed by atoms with Crippen LogP contribution in [0.1, 0.15) is 39.2 Å². The molecule has 0 atom stereocenters. The van der Waals surface area contributed by atoms with Crippen molar-refractivity contribution in [3.8, 4) is 0 Å². The number of nitrogens with two attached hydrogens (primary N) is 1. The van der Waals surface area contributed by atoms with Crippen LogP contribution in [0.4, 0.5) is 16.2 Å². The van der Waals surface area contributed by atoms with E-state index in [2.05, 4.69) is 5.32 Å². The summed E-state index contributed by atoms with van der Waals surface area (Å²) in [5, 5.41) is 2.96. The minimum atomic E-state index is -0.502. The van der Waals surface area contributed by atoms with E-state index in [1.165, 1.54) is 0 Å². The minimum Gasteiger partial charge on any atom is -0.444 e. The highest BCUT2D eigenvalue weighted by Gasteiger charge is 2.30. The van der Waals surface area contributed by atoms with Crippen LogP contribution < -0.4 is 11.1 Å². The highest BCUT2D eigenvalue weighted by atomic mass is 16.6. The largest absolute Gasteiger partial charge is 0.444 e. The summed E-state index contributed by atoms with van der Waals surface area (Å²) in [4.78, 5) is 26.2. The molecular weight excluding hydrogens is 306 g/mol. The SMILES string of the molecule is Cc1cc(N)ccc1NC(=O)C1CCN(C(=O)OC(C)(C)C)CC1. The van der Waals surface area contributed by atoms with Crippen LogP contribution >= 0.6 is 0 Å². The van der Waals surface area contributed by atoms with Crippen LogP contribution in [0.3, 0.4) is 0 Å². The van der Waals surface area contributed by atoms with Crippen molar-refractivity contribution in [1.82, 2.24) is 4.90 Å². The lowest BCUT2D eigenvalue weighted by atomic mass is 9.96. The molecule has 0 spiro atoms. The number of hydrogen-bond donors (Lipinski definition) is 2. The number of ether oxygens (including phenoxy) is 1. The molecule has 1 aliphatic heterocycles. The molecule has 0 radical (unpaired) electrons. The zero-order chi connectivity index (χ0) is 17.9. The zero-order valence-corrected chi connectivity index (χ0v) is 14.9. The zero-order valence-electron chi connectivity index (χ0n) is 14.9. The Morgan fingerprint density at radius 2 is 1.88 bits per heavy atom. The summed E-state index contributed by atoms with van der Waals surface area (Å²) in [6.45, 7) is 8.53. The fraction of sp³-hybridized carbons (Fsp3) is 0.556. The number of nitrogen functional groups attached to an aromatic ring is 1. The van der Waals surface area contributed by atoms with E-state index in [0.717, 1.165) is 11.3 Å². The Kier molecular flexibility index (Phi) is 5.36. The van der Waals surface area contributed by atoms with E-state index in [1.54, 1.807) is 11.0 Å². The van der Waals surface area contributed by atoms with Gasteiger partial charge in [0.2, 0.25) is 5.91 Å². The van der Waals surface area contributed by atoms with Gasteiger partial charge in [-0.05, 0) is 64.3 Å². The number of anilines is 2. The number of likely N-dealkylation sites (tertiary alicyclic amines) is 1. The second-order valence-electron chi connectivity index (χ2n) is 7.31. The second-order valence-corrected chi connectivity index (χ2v) is 7.31. The van der Waals surface area contributed by atoms with Gasteiger partial charge in [0.05, 0.1) is 0 Å². The number of piperidine rings is 1. The van der Waals surface area contributed by atoms with Gasteiger partial charge in [-0.2, -0.15) is 0 Å². The summed E-state index contributed by atoms with van der Waals surface area (Å²) in [5.74, 6) is -0.104. The summed E-state index contributed by atoms with van der Waals surface area (Å²) in [6, 6.07) is 5.42. The fourth-order valence-electron chi connectivity index (χ4n) is 2.71. The number of amides is 2. The number of carbonyl (C=O) groups excluding carboxylic acids is 2. The van der Waals surface area contributed by atoms with Crippen molar-refractivity contribution in [2.24, 2.45) is 5.92 Å². The summed E-state index contributed by atoms with van der Waals surface area (Å²) >= 11 is 0. The molecule has 6 heteroatoms. The maximum atomic E-state index is 12.4. The molecule has 1 aromatic carbocycles. The number of hydrogen-bond acceptors (Lipinski definition) is 4. The molecule has 24 heavy (non-hydrogen) atoms. The molecule has 6 nitrogen and oxygen atoms in total. The standard InChI is InChI=1S/C18H27N3O3/c1-12-11-14(19)5-6-15(12)20-16(22)13-7-9-21(10-8-13)17(23)24-18(2,3)4/h5-6,11,13H,7-10,19H2,1-4H3,(H,20,22). The average molecular weight is 333 g/mol. The van der Waals surface area contributed by atoms with Crippen molar-refractivity contribution >= 4 is 23.4 Å². The molecule has 132 valence electrons. The lowest BCUT2D eigenvalue weighted by molar-refractivity contribution is -0.121. The third-order valence-electron chi connectivity index (χ3n) is 4.03. The Balaban J connectivity index is 1.87. The van der Waals surface area contributed by atoms with Crippen LogP contribution in [0.5, 0.6) is 0 Å². The predicted molar refractivity (Wildman–Crippen MR) is 94.8 cm³/mol. The van der Waals surface area contributed by atoms with Crippen molar-refractivity contribution in [2.45, 2.75) is 46.1 Å². The van der Waals surface area contributed by atoms with Gasteiger partial charge in [-0.3, -0.25) is 4.79 Å². The summed E-state index contributed by atoms with van der Waals surface area (Å²) < 4.78 is 5.37. The van der Waals surface area contributed by atoms with Crippen molar-refractivity contribution in [3.05, 3.63) is 23.8 Å². The van der Waals surface area contributed by atoms with Gasteiger partial charge in [0.1, 0.15) is 5.60 Å². The van der Waals surface area contributed by atoms with Gasteiger partial charge in [0, 0.05) is 30.4 Å². The molecule has 0 unspecified atom stereocenters. The number of aryl methyl sites for hydroxylation is 1. The van der Waals surface area contributed by atoms with Crippen LogP contribution in [0.15, 0.2) is 18.2 Å². The van der Waals surface area contributed by atoms with Crippen molar-refractivity contribution < 1.29 is 14.3 Å². The van der Waals surface area contributed by atoms with Crippen LogP contribution in [0.25, 0.3) is 0 Å². The van der Waals surface area contributed by atoms with Gasteiger partial charge in [-0.1, -0.05) is 0 Å². The molecule has 0 aromatic heterocycles. The Morgan fingerprint density at radius 3 is 2.42 bits per heavy atom. The molecule has 0 saturated carbocycles. The van der Waals surface area contributed by atoms with E-state index in [0.29, 0.717) is 31.6 Å². The summed E-state index contributed by atoms with van der Waals surface area (Å²) in [7, 11) is 0. The topological polar surface area (TPSA) is 84.7 Å². The van der Waals surface area contributed by atoms with Gasteiger partial charge in [-0.25, -0.2) is 4.79 Å². The Hall–Kier alpha value is -2.24.